The highest BCUT2D eigenvalue weighted by atomic mass is 16.2. The number of nitrogens with one attached hydrogen (secondary N) is 1. The quantitative estimate of drug-likeness (QED) is 0.853. The third-order valence-electron chi connectivity index (χ3n) is 2.94. The van der Waals surface area contributed by atoms with Crippen molar-refractivity contribution in [3.05, 3.63) is 24.2 Å². The van der Waals surface area contributed by atoms with Gasteiger partial charge < -0.3 is 5.32 Å². The van der Waals surface area contributed by atoms with Crippen molar-refractivity contribution >= 4 is 11.7 Å². The van der Waals surface area contributed by atoms with Gasteiger partial charge in [-0.25, -0.2) is 4.68 Å². The minimum absolute atomic E-state index is 0.133. The van der Waals surface area contributed by atoms with E-state index in [9.17, 15) is 4.79 Å². The third kappa shape index (κ3) is 2.24. The van der Waals surface area contributed by atoms with E-state index in [0.29, 0.717) is 5.92 Å². The second-order valence-electron chi connectivity index (χ2n) is 4.50. The van der Waals surface area contributed by atoms with Gasteiger partial charge in [-0.1, -0.05) is 5.21 Å². The Balaban J connectivity index is 1.66. The van der Waals surface area contributed by atoms with E-state index < -0.39 is 0 Å². The minimum Gasteiger partial charge on any atom is -0.309 e. The molecule has 1 amide bonds. The van der Waals surface area contributed by atoms with E-state index in [1.54, 1.807) is 17.1 Å². The molecule has 2 aromatic rings. The Labute approximate surface area is 104 Å². The van der Waals surface area contributed by atoms with Gasteiger partial charge in [-0.3, -0.25) is 9.48 Å². The summed E-state index contributed by atoms with van der Waals surface area (Å²) in [7, 11) is 1.83. The normalized spacial score (nSPS) is 14.7. The van der Waals surface area contributed by atoms with Gasteiger partial charge in [-0.2, -0.15) is 5.10 Å². The number of anilines is 1. The van der Waals surface area contributed by atoms with E-state index in [2.05, 4.69) is 20.7 Å². The molecule has 1 N–H and O–H groups in total. The highest BCUT2D eigenvalue weighted by Gasteiger charge is 2.27. The van der Waals surface area contributed by atoms with Crippen LogP contribution in [0.1, 0.15) is 24.5 Å². The summed E-state index contributed by atoms with van der Waals surface area (Å²) in [5, 5.41) is 14.6. The molecule has 2 aromatic heterocycles. The summed E-state index contributed by atoms with van der Waals surface area (Å²) in [5.41, 5.74) is 1.06. The number of carbonyl (C=O) groups excluding carboxylic acids is 1. The van der Waals surface area contributed by atoms with Crippen LogP contribution in [0.3, 0.4) is 0 Å². The van der Waals surface area contributed by atoms with Gasteiger partial charge >= 0.3 is 0 Å². The van der Waals surface area contributed by atoms with Crippen LogP contribution in [0.5, 0.6) is 0 Å². The molecule has 0 saturated heterocycles. The van der Waals surface area contributed by atoms with E-state index in [0.717, 1.165) is 11.5 Å². The van der Waals surface area contributed by atoms with Crippen molar-refractivity contribution in [1.82, 2.24) is 24.8 Å². The largest absolute Gasteiger partial charge is 0.309 e. The lowest BCUT2D eigenvalue weighted by Gasteiger charge is -2.04. The smallest absolute Gasteiger partial charge is 0.247 e. The molecule has 1 aliphatic carbocycles. The fraction of sp³-hybridized carbons (Fsp3) is 0.455. The summed E-state index contributed by atoms with van der Waals surface area (Å²) >= 11 is 0. The number of hydrogen-bond donors (Lipinski definition) is 1. The Bertz CT molecular complexity index is 554. The highest BCUT2D eigenvalue weighted by molar-refractivity contribution is 5.89. The van der Waals surface area contributed by atoms with Gasteiger partial charge in [0, 0.05) is 25.2 Å². The molecule has 0 spiro atoms. The molecule has 1 fully saturated rings. The molecule has 94 valence electrons. The van der Waals surface area contributed by atoms with E-state index in [1.165, 1.54) is 17.5 Å². The van der Waals surface area contributed by atoms with Crippen molar-refractivity contribution in [2.24, 2.45) is 7.05 Å². The Kier molecular flexibility index (Phi) is 2.58. The average molecular weight is 246 g/mol. The SMILES string of the molecule is Cn1nc(C2CC2)cc1NC(=O)Cn1ccnn1. The number of hydrogen-bond acceptors (Lipinski definition) is 4. The molecule has 0 unspecified atom stereocenters. The molecule has 0 radical (unpaired) electrons. The highest BCUT2D eigenvalue weighted by Crippen LogP contribution is 2.39. The van der Waals surface area contributed by atoms with Gasteiger partial charge in [0.1, 0.15) is 12.4 Å². The third-order valence-corrected chi connectivity index (χ3v) is 2.94. The zero-order valence-corrected chi connectivity index (χ0v) is 10.1. The van der Waals surface area contributed by atoms with Crippen LogP contribution in [0.25, 0.3) is 0 Å². The fourth-order valence-corrected chi connectivity index (χ4v) is 1.83. The first-order valence-electron chi connectivity index (χ1n) is 5.90. The van der Waals surface area contributed by atoms with Gasteiger partial charge in [0.2, 0.25) is 5.91 Å². The first-order valence-corrected chi connectivity index (χ1v) is 5.90. The van der Waals surface area contributed by atoms with E-state index in [1.807, 2.05) is 13.1 Å². The number of rotatable bonds is 4. The maximum absolute atomic E-state index is 11.8. The molecule has 0 aromatic carbocycles. The van der Waals surface area contributed by atoms with E-state index >= 15 is 0 Å². The number of carbonyl (C=O) groups is 1. The molecule has 1 aliphatic rings. The standard InChI is InChI=1S/C11H14N6O/c1-16-10(6-9(14-16)8-2-3-8)13-11(18)7-17-5-4-12-15-17/h4-6,8H,2-3,7H2,1H3,(H,13,18). The van der Waals surface area contributed by atoms with E-state index in [4.69, 9.17) is 0 Å². The molecule has 1 saturated carbocycles. The Hall–Kier alpha value is -2.18. The molecule has 0 atom stereocenters. The summed E-state index contributed by atoms with van der Waals surface area (Å²) in [6.07, 6.45) is 5.59. The summed E-state index contributed by atoms with van der Waals surface area (Å²) in [5.74, 6) is 1.17. The van der Waals surface area contributed by atoms with Gasteiger partial charge in [0.25, 0.3) is 0 Å². The Morgan fingerprint density at radius 1 is 1.56 bits per heavy atom. The Morgan fingerprint density at radius 3 is 3.06 bits per heavy atom. The molecule has 7 nitrogen and oxygen atoms in total. The maximum Gasteiger partial charge on any atom is 0.247 e. The molecule has 7 heteroatoms. The van der Waals surface area contributed by atoms with Crippen LogP contribution in [0.4, 0.5) is 5.82 Å². The molecule has 0 aliphatic heterocycles. The summed E-state index contributed by atoms with van der Waals surface area (Å²) in [6, 6.07) is 1.94. The van der Waals surface area contributed by atoms with Gasteiger partial charge in [-0.15, -0.1) is 5.10 Å². The number of nitrogens with zero attached hydrogens (tertiary/aromatic N) is 5. The van der Waals surface area contributed by atoms with Crippen LogP contribution in [0.2, 0.25) is 0 Å². The first kappa shape index (κ1) is 10.9. The summed E-state index contributed by atoms with van der Waals surface area (Å²) in [6.45, 7) is 0.157. The van der Waals surface area contributed by atoms with Gasteiger partial charge in [0.15, 0.2) is 0 Å². The Morgan fingerprint density at radius 2 is 2.39 bits per heavy atom. The average Bonchev–Trinajstić information content (AvgIpc) is 2.95. The van der Waals surface area contributed by atoms with Crippen LogP contribution in [-0.2, 0) is 18.4 Å². The number of amides is 1. The predicted molar refractivity (Wildman–Crippen MR) is 63.8 cm³/mol. The maximum atomic E-state index is 11.8. The van der Waals surface area contributed by atoms with Crippen molar-refractivity contribution in [2.75, 3.05) is 5.32 Å². The van der Waals surface area contributed by atoms with Gasteiger partial charge in [-0.05, 0) is 12.8 Å². The zero-order chi connectivity index (χ0) is 12.5. The molecule has 2 heterocycles. The molecule has 3 rings (SSSR count). The van der Waals surface area contributed by atoms with Crippen LogP contribution in [0, 0.1) is 0 Å². The fourth-order valence-electron chi connectivity index (χ4n) is 1.83. The molecular weight excluding hydrogens is 232 g/mol. The lowest BCUT2D eigenvalue weighted by atomic mass is 10.3. The van der Waals surface area contributed by atoms with Crippen LogP contribution < -0.4 is 5.32 Å². The van der Waals surface area contributed by atoms with Crippen molar-refractivity contribution in [3.8, 4) is 0 Å². The van der Waals surface area contributed by atoms with Gasteiger partial charge in [0.05, 0.1) is 11.9 Å². The summed E-state index contributed by atoms with van der Waals surface area (Å²) < 4.78 is 3.18. The molecule has 0 bridgehead atoms. The summed E-state index contributed by atoms with van der Waals surface area (Å²) in [4.78, 5) is 11.8. The zero-order valence-electron chi connectivity index (χ0n) is 10.1. The lowest BCUT2D eigenvalue weighted by Crippen LogP contribution is -2.20. The monoisotopic (exact) mass is 246 g/mol. The molecule has 18 heavy (non-hydrogen) atoms. The van der Waals surface area contributed by atoms with Crippen molar-refractivity contribution in [2.45, 2.75) is 25.3 Å². The van der Waals surface area contributed by atoms with Crippen molar-refractivity contribution < 1.29 is 4.79 Å². The van der Waals surface area contributed by atoms with Crippen LogP contribution in [-0.4, -0.2) is 30.7 Å². The van der Waals surface area contributed by atoms with E-state index in [-0.39, 0.29) is 12.5 Å². The predicted octanol–water partition coefficient (Wildman–Crippen LogP) is 0.528. The number of aryl methyl sites for hydroxylation is 1. The lowest BCUT2D eigenvalue weighted by molar-refractivity contribution is -0.117. The van der Waals surface area contributed by atoms with Crippen LogP contribution >= 0.6 is 0 Å². The second-order valence-corrected chi connectivity index (χ2v) is 4.50. The minimum atomic E-state index is -0.133. The number of aromatic nitrogens is 5. The molecular formula is C11H14N6O. The van der Waals surface area contributed by atoms with Crippen LogP contribution in [0.15, 0.2) is 18.5 Å². The topological polar surface area (TPSA) is 77.6 Å². The van der Waals surface area contributed by atoms with Crippen molar-refractivity contribution in [1.29, 1.82) is 0 Å². The second kappa shape index (κ2) is 4.25. The van der Waals surface area contributed by atoms with Crippen molar-refractivity contribution in [3.63, 3.8) is 0 Å². The first-order chi connectivity index (χ1) is 8.72.